The van der Waals surface area contributed by atoms with E-state index < -0.39 is 0 Å². The van der Waals surface area contributed by atoms with Gasteiger partial charge in [-0.2, -0.15) is 0 Å². The molecule has 0 aromatic heterocycles. The van der Waals surface area contributed by atoms with E-state index in [9.17, 15) is 0 Å². The average Bonchev–Trinajstić information content (AvgIpc) is 1.97. The van der Waals surface area contributed by atoms with Gasteiger partial charge < -0.3 is 10.8 Å². The Balaban J connectivity index is 3.35. The van der Waals surface area contributed by atoms with Crippen LogP contribution in [0.1, 0.15) is 26.7 Å². The fourth-order valence-electron chi connectivity index (χ4n) is 0.625. The van der Waals surface area contributed by atoms with Crippen LogP contribution in [0.5, 0.6) is 0 Å². The number of aliphatic hydroxyl groups is 1. The highest BCUT2D eigenvalue weighted by Crippen LogP contribution is 1.93. The fraction of sp³-hybridized carbons (Fsp3) is 0.778. The van der Waals surface area contributed by atoms with Crippen molar-refractivity contribution >= 4 is 0 Å². The number of hydrogen-bond donors (Lipinski definition) is 2. The molecule has 0 aromatic rings. The second-order valence-electron chi connectivity index (χ2n) is 2.96. The summed E-state index contributed by atoms with van der Waals surface area (Å²) in [6, 6.07) is -0.100. The third kappa shape index (κ3) is 7.38. The van der Waals surface area contributed by atoms with Gasteiger partial charge in [0.2, 0.25) is 0 Å². The Morgan fingerprint density at radius 2 is 2.09 bits per heavy atom. The van der Waals surface area contributed by atoms with Gasteiger partial charge in [0.25, 0.3) is 0 Å². The molecule has 0 aliphatic rings. The van der Waals surface area contributed by atoms with E-state index in [-0.39, 0.29) is 12.6 Å². The minimum Gasteiger partial charge on any atom is -0.395 e. The van der Waals surface area contributed by atoms with Gasteiger partial charge in [0.15, 0.2) is 0 Å². The van der Waals surface area contributed by atoms with Gasteiger partial charge in [-0.05, 0) is 6.42 Å². The Bertz CT molecular complexity index is 143. The van der Waals surface area contributed by atoms with Crippen LogP contribution in [-0.4, -0.2) is 17.8 Å². The van der Waals surface area contributed by atoms with Crippen molar-refractivity contribution < 1.29 is 5.11 Å². The highest BCUT2D eigenvalue weighted by Gasteiger charge is 1.96. The zero-order chi connectivity index (χ0) is 8.69. The molecule has 0 rings (SSSR count). The van der Waals surface area contributed by atoms with E-state index in [1.807, 2.05) is 0 Å². The zero-order valence-electron chi connectivity index (χ0n) is 7.30. The van der Waals surface area contributed by atoms with Crippen LogP contribution in [0.2, 0.25) is 0 Å². The molecule has 0 fully saturated rings. The maximum atomic E-state index is 8.57. The van der Waals surface area contributed by atoms with Crippen LogP contribution in [0.15, 0.2) is 0 Å². The third-order valence-electron chi connectivity index (χ3n) is 1.27. The van der Waals surface area contributed by atoms with E-state index in [1.54, 1.807) is 0 Å². The van der Waals surface area contributed by atoms with Crippen LogP contribution in [0, 0.1) is 17.8 Å². The molecule has 0 aliphatic heterocycles. The van der Waals surface area contributed by atoms with Crippen molar-refractivity contribution in [2.45, 2.75) is 32.7 Å². The molecular weight excluding hydrogens is 138 g/mol. The molecule has 1 atom stereocenters. The van der Waals surface area contributed by atoms with Gasteiger partial charge in [-0.15, -0.1) is 11.8 Å². The summed E-state index contributed by atoms with van der Waals surface area (Å²) in [5.41, 5.74) is 5.47. The Morgan fingerprint density at radius 1 is 1.45 bits per heavy atom. The Morgan fingerprint density at radius 3 is 2.55 bits per heavy atom. The number of hydrogen-bond acceptors (Lipinski definition) is 2. The van der Waals surface area contributed by atoms with E-state index in [2.05, 4.69) is 25.7 Å². The molecule has 64 valence electrons. The van der Waals surface area contributed by atoms with Crippen molar-refractivity contribution in [3.8, 4) is 11.8 Å². The van der Waals surface area contributed by atoms with Crippen molar-refractivity contribution in [3.63, 3.8) is 0 Å². The van der Waals surface area contributed by atoms with Gasteiger partial charge in [-0.3, -0.25) is 0 Å². The summed E-state index contributed by atoms with van der Waals surface area (Å²) in [6.07, 6.45) is 1.58. The third-order valence-corrected chi connectivity index (χ3v) is 1.27. The van der Waals surface area contributed by atoms with E-state index in [0.29, 0.717) is 5.92 Å². The average molecular weight is 155 g/mol. The molecule has 0 saturated carbocycles. The Kier molecular flexibility index (Phi) is 5.91. The lowest BCUT2D eigenvalue weighted by Gasteiger charge is -2.02. The smallest absolute Gasteiger partial charge is 0.0582 e. The largest absolute Gasteiger partial charge is 0.395 e. The first-order chi connectivity index (χ1) is 5.16. The summed E-state index contributed by atoms with van der Waals surface area (Å²) in [4.78, 5) is 0. The van der Waals surface area contributed by atoms with E-state index >= 15 is 0 Å². The summed E-state index contributed by atoms with van der Waals surface area (Å²) in [7, 11) is 0. The first-order valence-electron chi connectivity index (χ1n) is 4.01. The van der Waals surface area contributed by atoms with Crippen LogP contribution >= 0.6 is 0 Å². The normalized spacial score (nSPS) is 12.5. The van der Waals surface area contributed by atoms with E-state index in [4.69, 9.17) is 10.8 Å². The minimum absolute atomic E-state index is 0.0589. The van der Waals surface area contributed by atoms with Crippen LogP contribution in [0.3, 0.4) is 0 Å². The number of rotatable bonds is 3. The highest BCUT2D eigenvalue weighted by atomic mass is 16.3. The maximum Gasteiger partial charge on any atom is 0.0582 e. The minimum atomic E-state index is -0.100. The van der Waals surface area contributed by atoms with Crippen molar-refractivity contribution in [2.24, 2.45) is 11.7 Å². The van der Waals surface area contributed by atoms with Crippen molar-refractivity contribution in [1.82, 2.24) is 0 Å². The first kappa shape index (κ1) is 10.5. The van der Waals surface area contributed by atoms with E-state index in [0.717, 1.165) is 12.8 Å². The van der Waals surface area contributed by atoms with Gasteiger partial charge in [0.05, 0.1) is 6.61 Å². The quantitative estimate of drug-likeness (QED) is 0.591. The summed E-state index contributed by atoms with van der Waals surface area (Å²) in [5, 5.41) is 8.57. The molecule has 0 amide bonds. The molecule has 2 heteroatoms. The van der Waals surface area contributed by atoms with Crippen LogP contribution < -0.4 is 5.73 Å². The lowest BCUT2D eigenvalue weighted by atomic mass is 10.1. The monoisotopic (exact) mass is 155 g/mol. The van der Waals surface area contributed by atoms with Crippen molar-refractivity contribution in [3.05, 3.63) is 0 Å². The molecule has 1 unspecified atom stereocenters. The standard InChI is InChI=1S/C9H17NO/c1-8(2)5-3-4-6-9(10)7-11/h8-9,11H,4,6-7,10H2,1-2H3. The molecular formula is C9H17NO. The fourth-order valence-corrected chi connectivity index (χ4v) is 0.625. The molecule has 0 spiro atoms. The van der Waals surface area contributed by atoms with Crippen LogP contribution in [0.25, 0.3) is 0 Å². The van der Waals surface area contributed by atoms with Crippen LogP contribution in [-0.2, 0) is 0 Å². The van der Waals surface area contributed by atoms with Gasteiger partial charge in [-0.1, -0.05) is 13.8 Å². The first-order valence-corrected chi connectivity index (χ1v) is 4.01. The maximum absolute atomic E-state index is 8.57. The number of aliphatic hydroxyl groups excluding tert-OH is 1. The molecule has 0 heterocycles. The second-order valence-corrected chi connectivity index (χ2v) is 2.96. The van der Waals surface area contributed by atoms with Crippen molar-refractivity contribution in [2.75, 3.05) is 6.61 Å². The summed E-state index contributed by atoms with van der Waals surface area (Å²) in [5.74, 6) is 6.48. The molecule has 0 aliphatic carbocycles. The molecule has 0 bridgehead atoms. The predicted octanol–water partition coefficient (Wildman–Crippen LogP) is 0.746. The van der Waals surface area contributed by atoms with Gasteiger partial charge in [0.1, 0.15) is 0 Å². The second kappa shape index (κ2) is 6.21. The summed E-state index contributed by atoms with van der Waals surface area (Å²) >= 11 is 0. The molecule has 0 aromatic carbocycles. The molecule has 11 heavy (non-hydrogen) atoms. The molecule has 0 saturated heterocycles. The lowest BCUT2D eigenvalue weighted by Crippen LogP contribution is -2.23. The van der Waals surface area contributed by atoms with Crippen LogP contribution in [0.4, 0.5) is 0 Å². The highest BCUT2D eigenvalue weighted by molar-refractivity contribution is 5.01. The zero-order valence-corrected chi connectivity index (χ0v) is 7.30. The Labute approximate surface area is 68.8 Å². The van der Waals surface area contributed by atoms with Crippen molar-refractivity contribution in [1.29, 1.82) is 0 Å². The summed E-state index contributed by atoms with van der Waals surface area (Å²) in [6.45, 7) is 4.17. The topological polar surface area (TPSA) is 46.2 Å². The molecule has 0 radical (unpaired) electrons. The predicted molar refractivity (Wildman–Crippen MR) is 46.9 cm³/mol. The van der Waals surface area contributed by atoms with Gasteiger partial charge in [-0.25, -0.2) is 0 Å². The van der Waals surface area contributed by atoms with Gasteiger partial charge in [0, 0.05) is 18.4 Å². The molecule has 3 N–H and O–H groups in total. The lowest BCUT2D eigenvalue weighted by molar-refractivity contribution is 0.261. The summed E-state index contributed by atoms with van der Waals surface area (Å²) < 4.78 is 0. The van der Waals surface area contributed by atoms with Gasteiger partial charge >= 0.3 is 0 Å². The van der Waals surface area contributed by atoms with E-state index in [1.165, 1.54) is 0 Å². The Hall–Kier alpha value is -0.520. The SMILES string of the molecule is CC(C)C#CCCC(N)CO. The number of nitrogens with two attached hydrogens (primary N) is 1. The molecule has 2 nitrogen and oxygen atoms in total.